The number of nitrogens with one attached hydrogen (secondary N) is 7. The molecule has 1 heterocycles. The summed E-state index contributed by atoms with van der Waals surface area (Å²) in [5, 5.41) is 22.4. The van der Waals surface area contributed by atoms with Gasteiger partial charge in [-0.3, -0.25) is 49.0 Å². The van der Waals surface area contributed by atoms with Gasteiger partial charge in [0.05, 0.1) is 69.5 Å². The van der Waals surface area contributed by atoms with Gasteiger partial charge in [-0.25, -0.2) is 9.88 Å². The average molecular weight is 1100 g/mol. The van der Waals surface area contributed by atoms with Crippen LogP contribution in [0, 0.1) is 48.4 Å². The topological polar surface area (TPSA) is 305 Å². The Morgan fingerprint density at radius 3 is 1.94 bits per heavy atom. The van der Waals surface area contributed by atoms with Gasteiger partial charge < -0.3 is 49.4 Å². The maximum atomic E-state index is 14.6. The van der Waals surface area contributed by atoms with Gasteiger partial charge in [0.15, 0.2) is 0 Å². The van der Waals surface area contributed by atoms with Crippen LogP contribution in [0.25, 0.3) is 0 Å². The summed E-state index contributed by atoms with van der Waals surface area (Å²) in [6, 6.07) is 4.69. The zero-order valence-corrected chi connectivity index (χ0v) is 47.3. The Kier molecular flexibility index (Phi) is 29.7. The molecule has 0 saturated carbocycles. The van der Waals surface area contributed by atoms with Crippen LogP contribution < -0.4 is 37.0 Å². The third-order valence-corrected chi connectivity index (χ3v) is 14.9. The minimum Gasteiger partial charge on any atom is -0.480 e. The number of rotatable bonds is 35. The van der Waals surface area contributed by atoms with Crippen LogP contribution in [0.15, 0.2) is 30.3 Å². The van der Waals surface area contributed by atoms with E-state index < -0.39 is 97.4 Å². The number of hydrogen-bond donors (Lipinski definition) is 8. The molecule has 1 aromatic carbocycles. The van der Waals surface area contributed by atoms with Crippen molar-refractivity contribution in [3.63, 3.8) is 0 Å². The number of nitrogens with zero attached hydrogens (tertiary/aromatic N) is 3. The lowest BCUT2D eigenvalue weighted by molar-refractivity contribution is -0.149. The van der Waals surface area contributed by atoms with Crippen LogP contribution in [0.5, 0.6) is 0 Å². The number of aliphatic carboxylic acids is 1. The lowest BCUT2D eigenvalue weighted by atomic mass is 9.89. The first-order valence-electron chi connectivity index (χ1n) is 25.7. The highest BCUT2D eigenvalue weighted by atomic mass is 31.2. The highest BCUT2D eigenvalue weighted by Crippen LogP contribution is 2.30. The number of benzene rings is 1. The van der Waals surface area contributed by atoms with Gasteiger partial charge in [0.1, 0.15) is 18.1 Å². The number of carboxylic acids is 1. The molecule has 9 atom stereocenters. The molecule has 0 aromatic heterocycles. The van der Waals surface area contributed by atoms with E-state index in [1.165, 1.54) is 31.1 Å². The highest BCUT2D eigenvalue weighted by Gasteiger charge is 2.44. The molecule has 8 N–H and O–H groups in total. The SMILES string of the molecule is C#CC(=O)NNP(=O)(NCCOCCOCCC(=O)N(C)C(C(=O)NC(C(=O)N(C)C(C(C)CC)C(CC(=O)N1CCC[C@H]1C(OC)C(C)C(=O)NC(Cc1ccccc1)C(=O)O)OC)C(C)C)C(C)C)NNC(=O)C#C. The molecule has 7 amide bonds. The molecule has 1 aromatic rings. The first-order valence-corrected chi connectivity index (χ1v) is 27.5. The lowest BCUT2D eigenvalue weighted by Crippen LogP contribution is -2.60. The Morgan fingerprint density at radius 2 is 1.42 bits per heavy atom. The van der Waals surface area contributed by atoms with Gasteiger partial charge in [-0.1, -0.05) is 85.2 Å². The standard InChI is InChI=1S/C52H83N10O14P/c1-14-35(8)47(40(73-12)32-44(66)62-26-20-23-39(62)48(74-13)36(9)49(67)54-38(52(70)71)31-37-21-18-17-19-22-37)61(11)51(69)45(33(4)5)55-50(68)46(34(6)7)60(10)43(65)24-27-75-29-30-76-28-25-53-77(72,58-56-41(63)15-2)59-57-42(64)16-3/h2-3,17-19,21-22,33-36,38-40,45-48H,14,20,23-32H2,1,4-13H3,(H,54,67)(H,55,68)(H,56,63)(H,57,64)(H,70,71)(H3,53,58,59,72)/t35?,36?,38?,39-,40?,45?,46?,47?,48?/m0/s1. The number of hydrogen-bond acceptors (Lipinski definition) is 13. The molecule has 1 saturated heterocycles. The molecule has 0 spiro atoms. The van der Waals surface area contributed by atoms with Crippen molar-refractivity contribution in [2.75, 3.05) is 67.8 Å². The first-order chi connectivity index (χ1) is 36.4. The Morgan fingerprint density at radius 1 is 0.818 bits per heavy atom. The number of likely N-dealkylation sites (tertiary alicyclic amines) is 1. The smallest absolute Gasteiger partial charge is 0.326 e. The van der Waals surface area contributed by atoms with Crippen LogP contribution in [-0.4, -0.2) is 177 Å². The van der Waals surface area contributed by atoms with Gasteiger partial charge in [0.2, 0.25) is 29.5 Å². The van der Waals surface area contributed by atoms with E-state index in [0.717, 1.165) is 5.56 Å². The van der Waals surface area contributed by atoms with Crippen LogP contribution in [0.4, 0.5) is 0 Å². The highest BCUT2D eigenvalue weighted by molar-refractivity contribution is 7.57. The fourth-order valence-electron chi connectivity index (χ4n) is 9.08. The zero-order valence-electron chi connectivity index (χ0n) is 46.4. The molecule has 1 fully saturated rings. The number of amides is 7. The van der Waals surface area contributed by atoms with Gasteiger partial charge in [0.25, 0.3) is 0 Å². The van der Waals surface area contributed by atoms with Crippen molar-refractivity contribution in [3.8, 4) is 24.7 Å². The normalized spacial score (nSPS) is 16.6. The monoisotopic (exact) mass is 1100 g/mol. The predicted octanol–water partition coefficient (Wildman–Crippen LogP) is 0.972. The third-order valence-electron chi connectivity index (χ3n) is 13.4. The van der Waals surface area contributed by atoms with Crippen LogP contribution in [0.1, 0.15) is 86.1 Å². The molecule has 0 bridgehead atoms. The Bertz CT molecular complexity index is 2210. The van der Waals surface area contributed by atoms with Crippen molar-refractivity contribution in [2.45, 2.75) is 129 Å². The first kappa shape index (κ1) is 67.2. The van der Waals surface area contributed by atoms with Crippen molar-refractivity contribution in [1.82, 2.24) is 51.7 Å². The van der Waals surface area contributed by atoms with E-state index in [2.05, 4.69) is 26.1 Å². The molecule has 1 aliphatic rings. The van der Waals surface area contributed by atoms with Crippen LogP contribution in [0.2, 0.25) is 0 Å². The molecule has 430 valence electrons. The summed E-state index contributed by atoms with van der Waals surface area (Å²) in [7, 11) is 2.21. The third kappa shape index (κ3) is 21.4. The van der Waals surface area contributed by atoms with E-state index in [-0.39, 0.29) is 75.9 Å². The minimum atomic E-state index is -3.87. The number of terminal acetylenes is 2. The predicted molar refractivity (Wildman–Crippen MR) is 286 cm³/mol. The molecule has 8 unspecified atom stereocenters. The second kappa shape index (κ2) is 34.0. The molecule has 2 rings (SSSR count). The van der Waals surface area contributed by atoms with Crippen molar-refractivity contribution in [2.24, 2.45) is 23.7 Å². The molecule has 77 heavy (non-hydrogen) atoms. The van der Waals surface area contributed by atoms with Gasteiger partial charge >= 0.3 is 25.4 Å². The number of methoxy groups -OCH3 is 2. The maximum Gasteiger partial charge on any atom is 0.326 e. The van der Waals surface area contributed by atoms with Gasteiger partial charge in [-0.05, 0) is 48.0 Å². The summed E-state index contributed by atoms with van der Waals surface area (Å²) < 4.78 is 36.0. The summed E-state index contributed by atoms with van der Waals surface area (Å²) in [6.45, 7) is 13.3. The van der Waals surface area contributed by atoms with Crippen molar-refractivity contribution in [1.29, 1.82) is 0 Å². The van der Waals surface area contributed by atoms with Crippen LogP contribution >= 0.6 is 7.59 Å². The second-order valence-electron chi connectivity index (χ2n) is 19.5. The fraction of sp³-hybridized carbons (Fsp3) is 0.654. The number of carboxylic acid groups (broad SMARTS) is 1. The summed E-state index contributed by atoms with van der Waals surface area (Å²) in [4.78, 5) is 110. The average Bonchev–Trinajstić information content (AvgIpc) is 3.89. The molecule has 1 aliphatic heterocycles. The second-order valence-corrected chi connectivity index (χ2v) is 21.5. The van der Waals surface area contributed by atoms with Gasteiger partial charge in [-0.15, -0.1) is 12.8 Å². The molecule has 0 aliphatic carbocycles. The van der Waals surface area contributed by atoms with E-state index in [1.807, 2.05) is 30.8 Å². The van der Waals surface area contributed by atoms with Crippen molar-refractivity contribution in [3.05, 3.63) is 35.9 Å². The minimum absolute atomic E-state index is 0.00566. The zero-order chi connectivity index (χ0) is 58.0. The lowest BCUT2D eigenvalue weighted by Gasteiger charge is -2.41. The van der Waals surface area contributed by atoms with E-state index in [9.17, 15) is 48.0 Å². The number of ether oxygens (including phenoxy) is 4. The van der Waals surface area contributed by atoms with Crippen LogP contribution in [-0.2, 0) is 68.3 Å². The molecule has 24 nitrogen and oxygen atoms in total. The number of carbonyl (C=O) groups is 8. The van der Waals surface area contributed by atoms with E-state index in [0.29, 0.717) is 25.8 Å². The number of likely N-dealkylation sites (N-methyl/N-ethyl adjacent to an activating group) is 2. The molecule has 0 radical (unpaired) electrons. The summed E-state index contributed by atoms with van der Waals surface area (Å²) in [6.07, 6.45) is 10.2. The molecular formula is C52H83N10O14P. The Hall–Kier alpha value is -5.95. The molecular weight excluding hydrogens is 1020 g/mol. The van der Waals surface area contributed by atoms with Crippen LogP contribution in [0.3, 0.4) is 0 Å². The maximum absolute atomic E-state index is 14.6. The largest absolute Gasteiger partial charge is 0.480 e. The number of hydrazine groups is 2. The van der Waals surface area contributed by atoms with Crippen molar-refractivity contribution < 1.29 is 67.0 Å². The van der Waals surface area contributed by atoms with E-state index in [1.54, 1.807) is 82.7 Å². The van der Waals surface area contributed by atoms with Crippen molar-refractivity contribution >= 4 is 54.9 Å². The Balaban J connectivity index is 2.08. The quantitative estimate of drug-likeness (QED) is 0.0203. The Labute approximate surface area is 453 Å². The summed E-state index contributed by atoms with van der Waals surface area (Å²) in [5.74, 6) is -3.36. The molecule has 25 heteroatoms. The van der Waals surface area contributed by atoms with E-state index >= 15 is 0 Å². The van der Waals surface area contributed by atoms with E-state index in [4.69, 9.17) is 31.8 Å². The van der Waals surface area contributed by atoms with Gasteiger partial charge in [-0.2, -0.15) is 10.4 Å². The fourth-order valence-corrected chi connectivity index (χ4v) is 10.2. The summed E-state index contributed by atoms with van der Waals surface area (Å²) >= 11 is 0. The number of carbonyl (C=O) groups excluding carboxylic acids is 7. The summed E-state index contributed by atoms with van der Waals surface area (Å²) in [5.41, 5.74) is 4.77. The van der Waals surface area contributed by atoms with Gasteiger partial charge in [0, 0.05) is 47.8 Å².